The minimum atomic E-state index is -0.536. The van der Waals surface area contributed by atoms with Crippen molar-refractivity contribution in [3.63, 3.8) is 0 Å². The highest BCUT2D eigenvalue weighted by Gasteiger charge is 2.30. The third kappa shape index (κ3) is 2.39. The van der Waals surface area contributed by atoms with Gasteiger partial charge in [0.15, 0.2) is 0 Å². The molecule has 1 aromatic heterocycles. The van der Waals surface area contributed by atoms with Crippen molar-refractivity contribution in [3.8, 4) is 0 Å². The summed E-state index contributed by atoms with van der Waals surface area (Å²) in [5, 5.41) is 9.53. The van der Waals surface area contributed by atoms with Crippen LogP contribution in [0, 0.1) is 0 Å². The second-order valence-corrected chi connectivity index (χ2v) is 4.38. The fourth-order valence-electron chi connectivity index (χ4n) is 2.19. The number of aliphatic hydroxyl groups is 1. The standard InChI is InChI=1S/C12H17N3O2/c1-8(16)9-4-5-14-11(7-9)15-6-2-3-10(15)12(13)17/h4-5,7-8,10,16H,2-3,6H2,1H3,(H2,13,17)/t8-,10?/m0/s1. The smallest absolute Gasteiger partial charge is 0.240 e. The number of hydrogen-bond donors (Lipinski definition) is 2. The molecule has 5 heteroatoms. The van der Waals surface area contributed by atoms with E-state index >= 15 is 0 Å². The minimum absolute atomic E-state index is 0.272. The fourth-order valence-corrected chi connectivity index (χ4v) is 2.19. The highest BCUT2D eigenvalue weighted by Crippen LogP contribution is 2.25. The Hall–Kier alpha value is -1.62. The molecule has 3 N–H and O–H groups in total. The Balaban J connectivity index is 2.27. The Bertz CT molecular complexity index is 420. The number of rotatable bonds is 3. The molecular weight excluding hydrogens is 218 g/mol. The third-order valence-electron chi connectivity index (χ3n) is 3.13. The monoisotopic (exact) mass is 235 g/mol. The largest absolute Gasteiger partial charge is 0.389 e. The van der Waals surface area contributed by atoms with E-state index in [-0.39, 0.29) is 11.9 Å². The van der Waals surface area contributed by atoms with Gasteiger partial charge in [0.1, 0.15) is 11.9 Å². The van der Waals surface area contributed by atoms with E-state index in [0.717, 1.165) is 24.9 Å². The van der Waals surface area contributed by atoms with E-state index in [9.17, 15) is 9.90 Å². The summed E-state index contributed by atoms with van der Waals surface area (Å²) in [6, 6.07) is 3.31. The van der Waals surface area contributed by atoms with Gasteiger partial charge in [0.25, 0.3) is 0 Å². The first-order valence-corrected chi connectivity index (χ1v) is 5.79. The quantitative estimate of drug-likeness (QED) is 0.803. The van der Waals surface area contributed by atoms with Gasteiger partial charge < -0.3 is 15.7 Å². The van der Waals surface area contributed by atoms with Gasteiger partial charge >= 0.3 is 0 Å². The summed E-state index contributed by atoms with van der Waals surface area (Å²) in [6.45, 7) is 2.48. The highest BCUT2D eigenvalue weighted by atomic mass is 16.3. The van der Waals surface area contributed by atoms with E-state index < -0.39 is 6.10 Å². The molecule has 2 atom stereocenters. The molecular formula is C12H17N3O2. The zero-order chi connectivity index (χ0) is 12.4. The van der Waals surface area contributed by atoms with Crippen LogP contribution in [0.1, 0.15) is 31.4 Å². The lowest BCUT2D eigenvalue weighted by atomic mass is 10.1. The molecule has 0 aliphatic carbocycles. The zero-order valence-electron chi connectivity index (χ0n) is 9.84. The number of carbonyl (C=O) groups excluding carboxylic acids is 1. The number of amides is 1. The summed E-state index contributed by atoms with van der Waals surface area (Å²) in [5.41, 5.74) is 6.16. The first-order chi connectivity index (χ1) is 8.09. The summed E-state index contributed by atoms with van der Waals surface area (Å²) in [4.78, 5) is 17.5. The number of nitrogens with zero attached hydrogens (tertiary/aromatic N) is 2. The minimum Gasteiger partial charge on any atom is -0.389 e. The van der Waals surface area contributed by atoms with Crippen LogP contribution in [0.2, 0.25) is 0 Å². The normalized spacial score (nSPS) is 21.5. The number of hydrogen-bond acceptors (Lipinski definition) is 4. The van der Waals surface area contributed by atoms with E-state index in [0.29, 0.717) is 5.82 Å². The Labute approximate surface area is 100 Å². The van der Waals surface area contributed by atoms with Crippen LogP contribution in [0.15, 0.2) is 18.3 Å². The van der Waals surface area contributed by atoms with Gasteiger partial charge in [-0.15, -0.1) is 0 Å². The zero-order valence-corrected chi connectivity index (χ0v) is 9.84. The molecule has 1 aliphatic heterocycles. The number of primary amides is 1. The van der Waals surface area contributed by atoms with Crippen LogP contribution in [0.3, 0.4) is 0 Å². The van der Waals surface area contributed by atoms with E-state index in [1.165, 1.54) is 0 Å². The molecule has 0 bridgehead atoms. The molecule has 0 spiro atoms. The van der Waals surface area contributed by atoms with Crippen molar-refractivity contribution in [2.45, 2.75) is 31.9 Å². The van der Waals surface area contributed by atoms with Gasteiger partial charge in [-0.25, -0.2) is 4.98 Å². The van der Waals surface area contributed by atoms with Crippen molar-refractivity contribution in [2.24, 2.45) is 5.73 Å². The summed E-state index contributed by atoms with van der Waals surface area (Å²) >= 11 is 0. The first-order valence-electron chi connectivity index (χ1n) is 5.79. The van der Waals surface area contributed by atoms with Crippen molar-refractivity contribution < 1.29 is 9.90 Å². The number of nitrogens with two attached hydrogens (primary N) is 1. The molecule has 5 nitrogen and oxygen atoms in total. The molecule has 1 aromatic rings. The number of pyridine rings is 1. The Kier molecular flexibility index (Phi) is 3.28. The molecule has 17 heavy (non-hydrogen) atoms. The predicted octanol–water partition coefficient (Wildman–Crippen LogP) is 0.589. The van der Waals surface area contributed by atoms with Crippen LogP contribution in [0.5, 0.6) is 0 Å². The van der Waals surface area contributed by atoms with Crippen molar-refractivity contribution in [3.05, 3.63) is 23.9 Å². The molecule has 1 unspecified atom stereocenters. The van der Waals surface area contributed by atoms with Gasteiger partial charge in [0.05, 0.1) is 6.10 Å². The average molecular weight is 235 g/mol. The third-order valence-corrected chi connectivity index (χ3v) is 3.13. The van der Waals surface area contributed by atoms with Gasteiger partial charge in [0, 0.05) is 12.7 Å². The summed E-state index contributed by atoms with van der Waals surface area (Å²) in [6.07, 6.45) is 2.82. The second-order valence-electron chi connectivity index (χ2n) is 4.38. The van der Waals surface area contributed by atoms with Crippen LogP contribution >= 0.6 is 0 Å². The number of aliphatic hydroxyl groups excluding tert-OH is 1. The van der Waals surface area contributed by atoms with Crippen LogP contribution < -0.4 is 10.6 Å². The van der Waals surface area contributed by atoms with Gasteiger partial charge in [0.2, 0.25) is 5.91 Å². The second kappa shape index (κ2) is 4.71. The molecule has 2 heterocycles. The maximum Gasteiger partial charge on any atom is 0.240 e. The molecule has 0 radical (unpaired) electrons. The molecule has 92 valence electrons. The maximum atomic E-state index is 11.3. The SMILES string of the molecule is C[C@H](O)c1ccnc(N2CCCC2C(N)=O)c1. The molecule has 1 aliphatic rings. The van der Waals surface area contributed by atoms with E-state index in [2.05, 4.69) is 4.98 Å². The van der Waals surface area contributed by atoms with E-state index in [1.54, 1.807) is 19.2 Å². The highest BCUT2D eigenvalue weighted by molar-refractivity contribution is 5.83. The van der Waals surface area contributed by atoms with Crippen molar-refractivity contribution >= 4 is 11.7 Å². The molecule has 1 fully saturated rings. The lowest BCUT2D eigenvalue weighted by Crippen LogP contribution is -2.40. The van der Waals surface area contributed by atoms with Crippen molar-refractivity contribution in [1.29, 1.82) is 0 Å². The predicted molar refractivity (Wildman–Crippen MR) is 64.4 cm³/mol. The number of anilines is 1. The van der Waals surface area contributed by atoms with Crippen LogP contribution in [0.4, 0.5) is 5.82 Å². The summed E-state index contributed by atoms with van der Waals surface area (Å²) in [7, 11) is 0. The lowest BCUT2D eigenvalue weighted by Gasteiger charge is -2.23. The van der Waals surface area contributed by atoms with Gasteiger partial charge in [-0.05, 0) is 37.5 Å². The average Bonchev–Trinajstić information content (AvgIpc) is 2.78. The van der Waals surface area contributed by atoms with Gasteiger partial charge in [-0.3, -0.25) is 4.79 Å². The first kappa shape index (κ1) is 11.9. The topological polar surface area (TPSA) is 79.5 Å². The molecule has 0 saturated carbocycles. The summed E-state index contributed by atoms with van der Waals surface area (Å²) in [5.74, 6) is 0.399. The number of carbonyl (C=O) groups is 1. The van der Waals surface area contributed by atoms with Crippen LogP contribution in [-0.4, -0.2) is 28.6 Å². The fraction of sp³-hybridized carbons (Fsp3) is 0.500. The molecule has 1 amide bonds. The van der Waals surface area contributed by atoms with E-state index in [1.807, 2.05) is 11.0 Å². The summed E-state index contributed by atoms with van der Waals surface area (Å²) < 4.78 is 0. The van der Waals surface area contributed by atoms with Crippen LogP contribution in [0.25, 0.3) is 0 Å². The van der Waals surface area contributed by atoms with Crippen LogP contribution in [-0.2, 0) is 4.79 Å². The Morgan fingerprint density at radius 2 is 2.47 bits per heavy atom. The van der Waals surface area contributed by atoms with Crippen molar-refractivity contribution in [1.82, 2.24) is 4.98 Å². The van der Waals surface area contributed by atoms with Gasteiger partial charge in [-0.1, -0.05) is 0 Å². The molecule has 2 rings (SSSR count). The lowest BCUT2D eigenvalue weighted by molar-refractivity contribution is -0.119. The molecule has 1 saturated heterocycles. The maximum absolute atomic E-state index is 11.3. The van der Waals surface area contributed by atoms with Crippen molar-refractivity contribution in [2.75, 3.05) is 11.4 Å². The molecule has 0 aromatic carbocycles. The Morgan fingerprint density at radius 3 is 3.12 bits per heavy atom. The van der Waals surface area contributed by atoms with Gasteiger partial charge in [-0.2, -0.15) is 0 Å². The van der Waals surface area contributed by atoms with E-state index in [4.69, 9.17) is 5.73 Å². The number of aromatic nitrogens is 1. The Morgan fingerprint density at radius 1 is 1.71 bits per heavy atom.